The molecular formula is C17H32F2N2. The number of halogens is 2. The van der Waals surface area contributed by atoms with E-state index < -0.39 is 11.8 Å². The highest BCUT2D eigenvalue weighted by atomic mass is 19.3. The van der Waals surface area contributed by atoms with Gasteiger partial charge in [0.15, 0.2) is 0 Å². The molecule has 0 aromatic carbocycles. The summed E-state index contributed by atoms with van der Waals surface area (Å²) in [5, 5.41) is 0. The van der Waals surface area contributed by atoms with E-state index in [9.17, 15) is 8.78 Å². The lowest BCUT2D eigenvalue weighted by molar-refractivity contribution is -0.0360. The fraction of sp³-hybridized carbons (Fsp3) is 1.00. The Morgan fingerprint density at radius 2 is 1.76 bits per heavy atom. The molecular weight excluding hydrogens is 270 g/mol. The molecule has 2 saturated heterocycles. The molecule has 2 unspecified atom stereocenters. The van der Waals surface area contributed by atoms with Crippen LogP contribution in [-0.4, -0.2) is 54.0 Å². The van der Waals surface area contributed by atoms with Gasteiger partial charge in [-0.3, -0.25) is 4.90 Å². The fourth-order valence-corrected chi connectivity index (χ4v) is 3.93. The molecule has 0 aliphatic carbocycles. The summed E-state index contributed by atoms with van der Waals surface area (Å²) < 4.78 is 28.4. The molecule has 124 valence electrons. The van der Waals surface area contributed by atoms with Crippen molar-refractivity contribution in [1.29, 1.82) is 0 Å². The van der Waals surface area contributed by atoms with Gasteiger partial charge in [0.2, 0.25) is 0 Å². The van der Waals surface area contributed by atoms with Gasteiger partial charge in [-0.05, 0) is 51.6 Å². The third-order valence-electron chi connectivity index (χ3n) is 5.45. The lowest BCUT2D eigenvalue weighted by Crippen LogP contribution is -2.47. The lowest BCUT2D eigenvalue weighted by atomic mass is 9.94. The number of alkyl halides is 2. The van der Waals surface area contributed by atoms with Gasteiger partial charge in [-0.1, -0.05) is 20.8 Å². The van der Waals surface area contributed by atoms with E-state index in [-0.39, 0.29) is 6.54 Å². The Balaban J connectivity index is 1.87. The topological polar surface area (TPSA) is 6.48 Å². The van der Waals surface area contributed by atoms with Crippen LogP contribution in [0.3, 0.4) is 0 Å². The molecule has 2 nitrogen and oxygen atoms in total. The summed E-state index contributed by atoms with van der Waals surface area (Å²) in [6.07, 6.45) is 3.92. The highest BCUT2D eigenvalue weighted by Crippen LogP contribution is 2.39. The van der Waals surface area contributed by atoms with E-state index in [0.29, 0.717) is 31.0 Å². The largest absolute Gasteiger partial charge is 0.301 e. The second-order valence-corrected chi connectivity index (χ2v) is 7.54. The molecule has 2 fully saturated rings. The molecule has 2 atom stereocenters. The molecule has 0 bridgehead atoms. The Bertz CT molecular complexity index is 325. The Hall–Kier alpha value is -0.220. The second-order valence-electron chi connectivity index (χ2n) is 7.54. The quantitative estimate of drug-likeness (QED) is 0.761. The smallest absolute Gasteiger partial charge is 0.264 e. The second kappa shape index (κ2) is 6.91. The molecule has 0 amide bonds. The number of piperidine rings is 1. The van der Waals surface area contributed by atoms with Gasteiger partial charge in [0.1, 0.15) is 0 Å². The van der Waals surface area contributed by atoms with Crippen molar-refractivity contribution in [2.75, 3.05) is 26.2 Å². The average Bonchev–Trinajstić information content (AvgIpc) is 2.73. The average molecular weight is 302 g/mol. The van der Waals surface area contributed by atoms with Gasteiger partial charge in [-0.25, -0.2) is 8.78 Å². The number of rotatable bonds is 5. The van der Waals surface area contributed by atoms with Crippen LogP contribution < -0.4 is 0 Å². The molecule has 0 radical (unpaired) electrons. The Morgan fingerprint density at radius 1 is 1.14 bits per heavy atom. The maximum absolute atomic E-state index is 14.2. The Kier molecular flexibility index (Phi) is 5.64. The summed E-state index contributed by atoms with van der Waals surface area (Å²) in [5.41, 5.74) is 0. The summed E-state index contributed by atoms with van der Waals surface area (Å²) in [7, 11) is 0. The van der Waals surface area contributed by atoms with E-state index in [2.05, 4.69) is 23.6 Å². The summed E-state index contributed by atoms with van der Waals surface area (Å²) in [5.74, 6) is -2.57. The van der Waals surface area contributed by atoms with Crippen LogP contribution in [0.2, 0.25) is 0 Å². The van der Waals surface area contributed by atoms with E-state index in [0.717, 1.165) is 25.9 Å². The first-order chi connectivity index (χ1) is 9.83. The predicted molar refractivity (Wildman–Crippen MR) is 83.8 cm³/mol. The highest BCUT2D eigenvalue weighted by Gasteiger charge is 2.49. The molecule has 4 heteroatoms. The minimum absolute atomic E-state index is 0.0155. The molecule has 2 rings (SSSR count). The third kappa shape index (κ3) is 4.16. The van der Waals surface area contributed by atoms with Gasteiger partial charge >= 0.3 is 0 Å². The molecule has 0 aromatic heterocycles. The minimum Gasteiger partial charge on any atom is -0.301 e. The van der Waals surface area contributed by atoms with Gasteiger partial charge in [0.05, 0.1) is 6.54 Å². The SMILES string of the molecule is CCC(C)N1CCC(N2CC(CC(C)C)C(F)(F)C2)CC1. The first-order valence-electron chi connectivity index (χ1n) is 8.69. The molecule has 0 N–H and O–H groups in total. The molecule has 2 heterocycles. The van der Waals surface area contributed by atoms with Crippen molar-refractivity contribution in [3.63, 3.8) is 0 Å². The molecule has 2 aliphatic heterocycles. The zero-order valence-corrected chi connectivity index (χ0v) is 14.1. The fourth-order valence-electron chi connectivity index (χ4n) is 3.93. The zero-order valence-electron chi connectivity index (χ0n) is 14.1. The van der Waals surface area contributed by atoms with E-state index in [1.807, 2.05) is 13.8 Å². The van der Waals surface area contributed by atoms with E-state index in [4.69, 9.17) is 0 Å². The first kappa shape index (κ1) is 17.1. The van der Waals surface area contributed by atoms with Crippen LogP contribution in [0, 0.1) is 11.8 Å². The number of hydrogen-bond donors (Lipinski definition) is 0. The van der Waals surface area contributed by atoms with Crippen LogP contribution >= 0.6 is 0 Å². The van der Waals surface area contributed by atoms with E-state index >= 15 is 0 Å². The molecule has 0 saturated carbocycles. The van der Waals surface area contributed by atoms with Gasteiger partial charge in [0.25, 0.3) is 5.92 Å². The van der Waals surface area contributed by atoms with Crippen molar-refractivity contribution in [2.45, 2.75) is 71.4 Å². The summed E-state index contributed by atoms with van der Waals surface area (Å²) in [6, 6.07) is 0.994. The summed E-state index contributed by atoms with van der Waals surface area (Å²) in [4.78, 5) is 4.59. The zero-order chi connectivity index (χ0) is 15.6. The minimum atomic E-state index is -2.49. The third-order valence-corrected chi connectivity index (χ3v) is 5.45. The lowest BCUT2D eigenvalue weighted by Gasteiger charge is -2.39. The first-order valence-corrected chi connectivity index (χ1v) is 8.69. The number of likely N-dealkylation sites (tertiary alicyclic amines) is 2. The Morgan fingerprint density at radius 3 is 2.29 bits per heavy atom. The van der Waals surface area contributed by atoms with E-state index in [1.54, 1.807) is 0 Å². The van der Waals surface area contributed by atoms with Gasteiger partial charge < -0.3 is 4.90 Å². The molecule has 0 aromatic rings. The van der Waals surface area contributed by atoms with Crippen molar-refractivity contribution in [3.05, 3.63) is 0 Å². The van der Waals surface area contributed by atoms with Crippen LogP contribution in [-0.2, 0) is 0 Å². The summed E-state index contributed by atoms with van der Waals surface area (Å²) >= 11 is 0. The van der Waals surface area contributed by atoms with Crippen molar-refractivity contribution < 1.29 is 8.78 Å². The summed E-state index contributed by atoms with van der Waals surface area (Å²) in [6.45, 7) is 11.3. The van der Waals surface area contributed by atoms with Crippen LogP contribution in [0.5, 0.6) is 0 Å². The van der Waals surface area contributed by atoms with Crippen LogP contribution in [0.4, 0.5) is 8.78 Å². The maximum Gasteiger partial charge on any atom is 0.264 e. The van der Waals surface area contributed by atoms with Gasteiger partial charge in [0, 0.05) is 24.5 Å². The van der Waals surface area contributed by atoms with Crippen molar-refractivity contribution in [3.8, 4) is 0 Å². The molecule has 2 aliphatic rings. The van der Waals surface area contributed by atoms with Crippen LogP contribution in [0.1, 0.15) is 53.4 Å². The number of hydrogen-bond acceptors (Lipinski definition) is 2. The van der Waals surface area contributed by atoms with Gasteiger partial charge in [-0.15, -0.1) is 0 Å². The highest BCUT2D eigenvalue weighted by molar-refractivity contribution is 4.95. The van der Waals surface area contributed by atoms with Crippen LogP contribution in [0.15, 0.2) is 0 Å². The maximum atomic E-state index is 14.2. The standard InChI is InChI=1S/C17H32F2N2/c1-5-14(4)20-8-6-16(7-9-20)21-11-15(10-13(2)3)17(18,19)12-21/h13-16H,5-12H2,1-4H3. The monoisotopic (exact) mass is 302 g/mol. The van der Waals surface area contributed by atoms with Crippen molar-refractivity contribution in [1.82, 2.24) is 9.80 Å². The predicted octanol–water partition coefficient (Wildman–Crippen LogP) is 3.86. The van der Waals surface area contributed by atoms with Crippen molar-refractivity contribution in [2.24, 2.45) is 11.8 Å². The van der Waals surface area contributed by atoms with Crippen LogP contribution in [0.25, 0.3) is 0 Å². The molecule has 0 spiro atoms. The molecule has 21 heavy (non-hydrogen) atoms. The number of nitrogens with zero attached hydrogens (tertiary/aromatic N) is 2. The van der Waals surface area contributed by atoms with Gasteiger partial charge in [-0.2, -0.15) is 0 Å². The normalized spacial score (nSPS) is 30.1. The Labute approximate surface area is 128 Å². The van der Waals surface area contributed by atoms with E-state index in [1.165, 1.54) is 6.42 Å². The van der Waals surface area contributed by atoms with Crippen molar-refractivity contribution >= 4 is 0 Å².